The standard InChI is InChI=1S/C13H25NO/c1-3-14(11-5-4-6-11)13-9-12(15)8-7-10(13)2/h10-13,15H,3-9H2,1-2H3. The molecule has 2 aliphatic carbocycles. The Balaban J connectivity index is 1.97. The molecule has 3 atom stereocenters. The number of nitrogens with zero attached hydrogens (tertiary/aromatic N) is 1. The zero-order valence-electron chi connectivity index (χ0n) is 10.2. The summed E-state index contributed by atoms with van der Waals surface area (Å²) in [5.41, 5.74) is 0. The largest absolute Gasteiger partial charge is 0.393 e. The summed E-state index contributed by atoms with van der Waals surface area (Å²) < 4.78 is 0. The molecule has 2 heteroatoms. The number of hydrogen-bond donors (Lipinski definition) is 1. The Hall–Kier alpha value is -0.0800. The van der Waals surface area contributed by atoms with Crippen LogP contribution in [-0.4, -0.2) is 34.7 Å². The minimum Gasteiger partial charge on any atom is -0.393 e. The zero-order valence-corrected chi connectivity index (χ0v) is 10.2. The van der Waals surface area contributed by atoms with E-state index >= 15 is 0 Å². The normalized spacial score (nSPS) is 38.0. The van der Waals surface area contributed by atoms with Gasteiger partial charge in [-0.15, -0.1) is 0 Å². The Morgan fingerprint density at radius 2 is 1.93 bits per heavy atom. The first-order chi connectivity index (χ1) is 7.22. The van der Waals surface area contributed by atoms with Crippen LogP contribution >= 0.6 is 0 Å². The third-order valence-corrected chi connectivity index (χ3v) is 4.46. The average Bonchev–Trinajstić information content (AvgIpc) is 2.15. The molecule has 0 aromatic carbocycles. The Kier molecular flexibility index (Phi) is 3.68. The molecule has 0 saturated heterocycles. The minimum atomic E-state index is -0.0414. The molecule has 2 rings (SSSR count). The first kappa shape index (κ1) is 11.4. The summed E-state index contributed by atoms with van der Waals surface area (Å²) >= 11 is 0. The summed E-state index contributed by atoms with van der Waals surface area (Å²) in [6.07, 6.45) is 7.35. The molecule has 0 bridgehead atoms. The van der Waals surface area contributed by atoms with Crippen LogP contribution in [0.1, 0.15) is 52.4 Å². The molecular weight excluding hydrogens is 186 g/mol. The fourth-order valence-corrected chi connectivity index (χ4v) is 3.22. The fraction of sp³-hybridized carbons (Fsp3) is 1.00. The lowest BCUT2D eigenvalue weighted by atomic mass is 9.80. The highest BCUT2D eigenvalue weighted by Gasteiger charge is 2.35. The molecule has 0 aliphatic heterocycles. The van der Waals surface area contributed by atoms with Gasteiger partial charge in [-0.1, -0.05) is 20.3 Å². The highest BCUT2D eigenvalue weighted by Crippen LogP contribution is 2.34. The van der Waals surface area contributed by atoms with Gasteiger partial charge < -0.3 is 5.11 Å². The van der Waals surface area contributed by atoms with Crippen LogP contribution in [-0.2, 0) is 0 Å². The number of aliphatic hydroxyl groups is 1. The lowest BCUT2D eigenvalue weighted by Gasteiger charge is -2.47. The smallest absolute Gasteiger partial charge is 0.0555 e. The molecular formula is C13H25NO. The van der Waals surface area contributed by atoms with Gasteiger partial charge in [0.05, 0.1) is 6.10 Å². The van der Waals surface area contributed by atoms with Crippen molar-refractivity contribution in [3.63, 3.8) is 0 Å². The highest BCUT2D eigenvalue weighted by molar-refractivity contribution is 4.90. The van der Waals surface area contributed by atoms with E-state index in [4.69, 9.17) is 0 Å². The van der Waals surface area contributed by atoms with E-state index in [1.807, 2.05) is 0 Å². The molecule has 1 N–H and O–H groups in total. The molecule has 2 fully saturated rings. The molecule has 2 nitrogen and oxygen atoms in total. The van der Waals surface area contributed by atoms with E-state index in [1.54, 1.807) is 0 Å². The lowest BCUT2D eigenvalue weighted by molar-refractivity contribution is -0.00447. The van der Waals surface area contributed by atoms with Crippen LogP contribution in [0.2, 0.25) is 0 Å². The van der Waals surface area contributed by atoms with Crippen molar-refractivity contribution in [2.75, 3.05) is 6.54 Å². The molecule has 15 heavy (non-hydrogen) atoms. The zero-order chi connectivity index (χ0) is 10.8. The van der Waals surface area contributed by atoms with Crippen molar-refractivity contribution in [3.05, 3.63) is 0 Å². The van der Waals surface area contributed by atoms with E-state index in [1.165, 1.54) is 25.7 Å². The summed E-state index contributed by atoms with van der Waals surface area (Å²) in [6.45, 7) is 5.79. The Labute approximate surface area is 93.7 Å². The van der Waals surface area contributed by atoms with Gasteiger partial charge in [0.15, 0.2) is 0 Å². The van der Waals surface area contributed by atoms with Gasteiger partial charge in [-0.3, -0.25) is 4.90 Å². The van der Waals surface area contributed by atoms with Crippen LogP contribution in [0.4, 0.5) is 0 Å². The Morgan fingerprint density at radius 3 is 2.47 bits per heavy atom. The van der Waals surface area contributed by atoms with Gasteiger partial charge in [0.25, 0.3) is 0 Å². The van der Waals surface area contributed by atoms with E-state index in [0.29, 0.717) is 6.04 Å². The predicted molar refractivity (Wildman–Crippen MR) is 62.8 cm³/mol. The second-order valence-corrected chi connectivity index (χ2v) is 5.43. The molecule has 0 spiro atoms. The van der Waals surface area contributed by atoms with Crippen LogP contribution in [0.3, 0.4) is 0 Å². The molecule has 0 heterocycles. The molecule has 0 aromatic rings. The summed E-state index contributed by atoms with van der Waals surface area (Å²) in [7, 11) is 0. The van der Waals surface area contributed by atoms with E-state index < -0.39 is 0 Å². The third kappa shape index (κ3) is 2.36. The summed E-state index contributed by atoms with van der Waals surface area (Å²) in [4.78, 5) is 2.66. The van der Waals surface area contributed by atoms with Crippen LogP contribution in [0, 0.1) is 5.92 Å². The molecule has 0 aromatic heterocycles. The number of rotatable bonds is 3. The maximum atomic E-state index is 9.79. The molecule has 0 amide bonds. The van der Waals surface area contributed by atoms with Crippen LogP contribution < -0.4 is 0 Å². The van der Waals surface area contributed by atoms with Crippen LogP contribution in [0.15, 0.2) is 0 Å². The van der Waals surface area contributed by atoms with Gasteiger partial charge in [0, 0.05) is 12.1 Å². The average molecular weight is 211 g/mol. The van der Waals surface area contributed by atoms with Crippen molar-refractivity contribution in [2.45, 2.75) is 70.6 Å². The van der Waals surface area contributed by atoms with E-state index in [0.717, 1.165) is 31.3 Å². The van der Waals surface area contributed by atoms with Gasteiger partial charge >= 0.3 is 0 Å². The van der Waals surface area contributed by atoms with Crippen molar-refractivity contribution in [1.82, 2.24) is 4.90 Å². The minimum absolute atomic E-state index is 0.0414. The topological polar surface area (TPSA) is 23.5 Å². The molecule has 88 valence electrons. The first-order valence-electron chi connectivity index (χ1n) is 6.66. The lowest BCUT2D eigenvalue weighted by Crippen LogP contribution is -2.51. The van der Waals surface area contributed by atoms with Crippen molar-refractivity contribution < 1.29 is 5.11 Å². The number of aliphatic hydroxyl groups excluding tert-OH is 1. The van der Waals surface area contributed by atoms with Gasteiger partial charge in [-0.05, 0) is 44.6 Å². The molecule has 2 aliphatic rings. The van der Waals surface area contributed by atoms with Crippen molar-refractivity contribution in [2.24, 2.45) is 5.92 Å². The SMILES string of the molecule is CCN(C1CCC1)C1CC(O)CCC1C. The Bertz CT molecular complexity index is 203. The summed E-state index contributed by atoms with van der Waals surface area (Å²) in [5, 5.41) is 9.79. The third-order valence-electron chi connectivity index (χ3n) is 4.46. The predicted octanol–water partition coefficient (Wildman–Crippen LogP) is 2.41. The first-order valence-corrected chi connectivity index (χ1v) is 6.66. The highest BCUT2D eigenvalue weighted by atomic mass is 16.3. The van der Waals surface area contributed by atoms with Crippen molar-refractivity contribution >= 4 is 0 Å². The summed E-state index contributed by atoms with van der Waals surface area (Å²) in [6, 6.07) is 1.47. The van der Waals surface area contributed by atoms with Crippen molar-refractivity contribution in [3.8, 4) is 0 Å². The van der Waals surface area contributed by atoms with Crippen molar-refractivity contribution in [1.29, 1.82) is 0 Å². The summed E-state index contributed by atoms with van der Waals surface area (Å²) in [5.74, 6) is 0.772. The van der Waals surface area contributed by atoms with E-state index in [9.17, 15) is 5.11 Å². The van der Waals surface area contributed by atoms with Crippen LogP contribution in [0.25, 0.3) is 0 Å². The molecule has 2 saturated carbocycles. The fourth-order valence-electron chi connectivity index (χ4n) is 3.22. The number of hydrogen-bond acceptors (Lipinski definition) is 2. The second kappa shape index (κ2) is 4.84. The maximum absolute atomic E-state index is 9.79. The van der Waals surface area contributed by atoms with Gasteiger partial charge in [-0.2, -0.15) is 0 Å². The van der Waals surface area contributed by atoms with Gasteiger partial charge in [0.1, 0.15) is 0 Å². The molecule has 3 unspecified atom stereocenters. The quantitative estimate of drug-likeness (QED) is 0.775. The monoisotopic (exact) mass is 211 g/mol. The Morgan fingerprint density at radius 1 is 1.20 bits per heavy atom. The van der Waals surface area contributed by atoms with Gasteiger partial charge in [0.2, 0.25) is 0 Å². The second-order valence-electron chi connectivity index (χ2n) is 5.43. The van der Waals surface area contributed by atoms with Gasteiger partial charge in [-0.25, -0.2) is 0 Å². The van der Waals surface area contributed by atoms with Crippen LogP contribution in [0.5, 0.6) is 0 Å². The maximum Gasteiger partial charge on any atom is 0.0555 e. The van der Waals surface area contributed by atoms with E-state index in [2.05, 4.69) is 18.7 Å². The molecule has 0 radical (unpaired) electrons. The van der Waals surface area contributed by atoms with E-state index in [-0.39, 0.29) is 6.10 Å².